The van der Waals surface area contributed by atoms with E-state index in [1.165, 1.54) is 22.9 Å². The van der Waals surface area contributed by atoms with Crippen molar-refractivity contribution in [3.8, 4) is 0 Å². The van der Waals surface area contributed by atoms with Gasteiger partial charge >= 0.3 is 0 Å². The van der Waals surface area contributed by atoms with E-state index < -0.39 is 0 Å². The normalized spacial score (nSPS) is 21.0. The zero-order valence-electron chi connectivity index (χ0n) is 17.6. The highest BCUT2D eigenvalue weighted by molar-refractivity contribution is 8.00. The Morgan fingerprint density at radius 3 is 2.87 bits per heavy atom. The number of amides is 1. The lowest BCUT2D eigenvalue weighted by Gasteiger charge is -2.36. The Kier molecular flexibility index (Phi) is 4.99. The number of carbonyl (C=O) groups is 1. The zero-order chi connectivity index (χ0) is 20.8. The second kappa shape index (κ2) is 7.67. The highest BCUT2D eigenvalue weighted by Crippen LogP contribution is 2.45. The molecule has 0 bridgehead atoms. The Balaban J connectivity index is 1.43. The Hall–Kier alpha value is -2.44. The quantitative estimate of drug-likeness (QED) is 0.472. The van der Waals surface area contributed by atoms with E-state index in [9.17, 15) is 4.79 Å². The number of likely N-dealkylation sites (N-methyl/N-ethyl adjacent to an activating group) is 1. The van der Waals surface area contributed by atoms with Crippen LogP contribution in [0, 0.1) is 13.8 Å². The number of benzene rings is 2. The molecule has 5 rings (SSSR count). The molecule has 1 aromatic heterocycles. The monoisotopic (exact) mass is 418 g/mol. The van der Waals surface area contributed by atoms with Crippen molar-refractivity contribution in [1.82, 2.24) is 14.9 Å². The van der Waals surface area contributed by atoms with Gasteiger partial charge in [0, 0.05) is 29.6 Å². The van der Waals surface area contributed by atoms with E-state index in [0.717, 1.165) is 47.0 Å². The number of thioether (sulfide) groups is 1. The number of piperidine rings is 1. The first kappa shape index (κ1) is 19.5. The van der Waals surface area contributed by atoms with Gasteiger partial charge in [-0.1, -0.05) is 47.7 Å². The first-order valence-electron chi connectivity index (χ1n) is 10.5. The largest absolute Gasteiger partial charge is 0.308 e. The van der Waals surface area contributed by atoms with Crippen LogP contribution in [0.4, 0.5) is 5.69 Å². The number of aryl methyl sites for hydroxylation is 2. The van der Waals surface area contributed by atoms with E-state index in [2.05, 4.69) is 51.9 Å². The highest BCUT2D eigenvalue weighted by Gasteiger charge is 2.43. The second-order valence-corrected chi connectivity index (χ2v) is 9.40. The van der Waals surface area contributed by atoms with E-state index in [1.54, 1.807) is 0 Å². The summed E-state index contributed by atoms with van der Waals surface area (Å²) in [5.41, 5.74) is 4.61. The van der Waals surface area contributed by atoms with Crippen LogP contribution in [0.5, 0.6) is 0 Å². The van der Waals surface area contributed by atoms with Crippen molar-refractivity contribution in [2.45, 2.75) is 37.3 Å². The zero-order valence-corrected chi connectivity index (χ0v) is 18.4. The molecule has 3 heterocycles. The van der Waals surface area contributed by atoms with Gasteiger partial charge in [-0.15, -0.1) is 0 Å². The van der Waals surface area contributed by atoms with E-state index in [0.29, 0.717) is 11.7 Å². The van der Waals surface area contributed by atoms with Gasteiger partial charge in [-0.05, 0) is 51.6 Å². The second-order valence-electron chi connectivity index (χ2n) is 8.43. The lowest BCUT2D eigenvalue weighted by molar-refractivity contribution is -0.116. The number of hydrogen-bond acceptors (Lipinski definition) is 5. The first-order valence-corrected chi connectivity index (χ1v) is 11.5. The van der Waals surface area contributed by atoms with E-state index in [1.807, 2.05) is 31.2 Å². The minimum atomic E-state index is 0.169. The van der Waals surface area contributed by atoms with Gasteiger partial charge < -0.3 is 9.80 Å². The minimum Gasteiger partial charge on any atom is -0.308 e. The predicted molar refractivity (Wildman–Crippen MR) is 122 cm³/mol. The van der Waals surface area contributed by atoms with Crippen LogP contribution in [0.1, 0.15) is 29.3 Å². The van der Waals surface area contributed by atoms with Crippen molar-refractivity contribution >= 4 is 34.3 Å². The summed E-state index contributed by atoms with van der Waals surface area (Å²) >= 11 is 1.52. The molecule has 6 heteroatoms. The van der Waals surface area contributed by atoms with Gasteiger partial charge in [0.1, 0.15) is 10.9 Å². The van der Waals surface area contributed by atoms with Crippen LogP contribution in [-0.4, -0.2) is 52.7 Å². The van der Waals surface area contributed by atoms with Crippen molar-refractivity contribution in [2.24, 2.45) is 0 Å². The van der Waals surface area contributed by atoms with Crippen LogP contribution in [-0.2, 0) is 4.79 Å². The molecule has 0 saturated carbocycles. The molecule has 154 valence electrons. The number of nitrogens with zero attached hydrogens (tertiary/aromatic N) is 4. The van der Waals surface area contributed by atoms with Gasteiger partial charge in [-0.2, -0.15) is 0 Å². The van der Waals surface area contributed by atoms with Gasteiger partial charge in [0.2, 0.25) is 5.91 Å². The number of likely N-dealkylation sites (tertiary alicyclic amines) is 1. The average molecular weight is 419 g/mol. The summed E-state index contributed by atoms with van der Waals surface area (Å²) in [6.45, 7) is 6.07. The number of hydrogen-bond donors (Lipinski definition) is 0. The molecular weight excluding hydrogens is 392 g/mol. The molecule has 0 aliphatic carbocycles. The SMILES string of the molecule is Cc1ccc2c(c1)C1CN(C)CCC1N2C(=O)CSc1nc(C)nc2ccccc12. The summed E-state index contributed by atoms with van der Waals surface area (Å²) in [6, 6.07) is 14.8. The number of carbonyl (C=O) groups excluding carboxylic acids is 1. The molecule has 2 unspecified atom stereocenters. The summed E-state index contributed by atoms with van der Waals surface area (Å²) < 4.78 is 0. The van der Waals surface area contributed by atoms with Crippen molar-refractivity contribution in [1.29, 1.82) is 0 Å². The van der Waals surface area contributed by atoms with Gasteiger partial charge in [0.05, 0.1) is 11.3 Å². The molecule has 1 fully saturated rings. The molecule has 3 aromatic rings. The van der Waals surface area contributed by atoms with Gasteiger partial charge in [-0.25, -0.2) is 9.97 Å². The average Bonchev–Trinajstić information content (AvgIpc) is 3.04. The van der Waals surface area contributed by atoms with Crippen LogP contribution in [0.3, 0.4) is 0 Å². The van der Waals surface area contributed by atoms with Gasteiger partial charge in [0.15, 0.2) is 0 Å². The first-order chi connectivity index (χ1) is 14.5. The molecule has 0 spiro atoms. The number of para-hydroxylation sites is 1. The van der Waals surface area contributed by atoms with Crippen LogP contribution in [0.15, 0.2) is 47.5 Å². The van der Waals surface area contributed by atoms with Crippen LogP contribution in [0.2, 0.25) is 0 Å². The molecule has 2 aliphatic heterocycles. The fourth-order valence-corrected chi connectivity index (χ4v) is 5.80. The van der Waals surface area contributed by atoms with Crippen molar-refractivity contribution in [2.75, 3.05) is 30.8 Å². The molecule has 2 atom stereocenters. The summed E-state index contributed by atoms with van der Waals surface area (Å²) in [6.07, 6.45) is 1.01. The molecule has 5 nitrogen and oxygen atoms in total. The number of rotatable bonds is 3. The van der Waals surface area contributed by atoms with Crippen LogP contribution in [0.25, 0.3) is 10.9 Å². The number of anilines is 1. The lowest BCUT2D eigenvalue weighted by Crippen LogP contribution is -2.47. The Bertz CT molecular complexity index is 1130. The smallest absolute Gasteiger partial charge is 0.237 e. The maximum absolute atomic E-state index is 13.5. The number of fused-ring (bicyclic) bond motifs is 4. The molecule has 0 radical (unpaired) electrons. The van der Waals surface area contributed by atoms with E-state index in [4.69, 9.17) is 0 Å². The standard InChI is InChI=1S/C24H26N4OS/c1-15-8-9-21-18(12-15)19-13-27(3)11-10-22(19)28(21)23(29)14-30-24-17-6-4-5-7-20(17)25-16(2)26-24/h4-9,12,19,22H,10-11,13-14H2,1-3H3. The van der Waals surface area contributed by atoms with Gasteiger partial charge in [0.25, 0.3) is 0 Å². The maximum Gasteiger partial charge on any atom is 0.237 e. The Morgan fingerprint density at radius 2 is 2.00 bits per heavy atom. The summed E-state index contributed by atoms with van der Waals surface area (Å²) in [7, 11) is 2.18. The molecular formula is C24H26N4OS. The summed E-state index contributed by atoms with van der Waals surface area (Å²) in [5.74, 6) is 1.69. The third-order valence-electron chi connectivity index (χ3n) is 6.23. The van der Waals surface area contributed by atoms with Gasteiger partial charge in [-0.3, -0.25) is 4.79 Å². The molecule has 30 heavy (non-hydrogen) atoms. The fourth-order valence-electron chi connectivity index (χ4n) is 4.87. The van der Waals surface area contributed by atoms with Crippen LogP contribution < -0.4 is 4.90 Å². The highest BCUT2D eigenvalue weighted by atomic mass is 32.2. The topological polar surface area (TPSA) is 49.3 Å². The predicted octanol–water partition coefficient (Wildman–Crippen LogP) is 4.17. The third kappa shape index (κ3) is 3.38. The van der Waals surface area contributed by atoms with Crippen molar-refractivity contribution < 1.29 is 4.79 Å². The van der Waals surface area contributed by atoms with Crippen molar-refractivity contribution in [3.63, 3.8) is 0 Å². The molecule has 1 amide bonds. The Labute approximate surface area is 181 Å². The fraction of sp³-hybridized carbons (Fsp3) is 0.375. The van der Waals surface area contributed by atoms with E-state index in [-0.39, 0.29) is 11.9 Å². The lowest BCUT2D eigenvalue weighted by atomic mass is 9.89. The van der Waals surface area contributed by atoms with E-state index >= 15 is 0 Å². The summed E-state index contributed by atoms with van der Waals surface area (Å²) in [5, 5.41) is 1.89. The summed E-state index contributed by atoms with van der Waals surface area (Å²) in [4.78, 5) is 27.1. The third-order valence-corrected chi connectivity index (χ3v) is 7.21. The molecule has 0 N–H and O–H groups in total. The van der Waals surface area contributed by atoms with Crippen LogP contribution >= 0.6 is 11.8 Å². The maximum atomic E-state index is 13.5. The molecule has 1 saturated heterocycles. The number of aromatic nitrogens is 2. The Morgan fingerprint density at radius 1 is 1.17 bits per heavy atom. The molecule has 2 aliphatic rings. The molecule has 2 aromatic carbocycles. The minimum absolute atomic E-state index is 0.169. The van der Waals surface area contributed by atoms with Crippen molar-refractivity contribution in [3.05, 3.63) is 59.4 Å².